The van der Waals surface area contributed by atoms with E-state index in [1.54, 1.807) is 12.1 Å². The molecule has 0 saturated heterocycles. The molecule has 0 spiro atoms. The Morgan fingerprint density at radius 3 is 2.63 bits per heavy atom. The smallest absolute Gasteiger partial charge is 0.387 e. The van der Waals surface area contributed by atoms with Gasteiger partial charge in [0.1, 0.15) is 5.75 Å². The molecule has 0 bridgehead atoms. The van der Waals surface area contributed by atoms with Crippen molar-refractivity contribution in [3.63, 3.8) is 0 Å². The van der Waals surface area contributed by atoms with E-state index < -0.39 is 18.5 Å². The number of aromatic nitrogens is 1. The maximum absolute atomic E-state index is 12.1. The summed E-state index contributed by atoms with van der Waals surface area (Å²) in [6.45, 7) is -2.90. The van der Waals surface area contributed by atoms with Gasteiger partial charge in [0.05, 0.1) is 16.0 Å². The molecule has 1 amide bonds. The Hall–Kier alpha value is -2.72. The molecule has 0 fully saturated rings. The predicted octanol–water partition coefficient (Wildman–Crippen LogP) is 3.89. The molecule has 1 aromatic heterocycles. The highest BCUT2D eigenvalue weighted by Crippen LogP contribution is 2.29. The van der Waals surface area contributed by atoms with E-state index >= 15 is 0 Å². The highest BCUT2D eigenvalue weighted by molar-refractivity contribution is 8.01. The van der Waals surface area contributed by atoms with Crippen LogP contribution in [0.1, 0.15) is 5.56 Å². The van der Waals surface area contributed by atoms with Gasteiger partial charge in [0.2, 0.25) is 0 Å². The Morgan fingerprint density at radius 1 is 1.13 bits per heavy atom. The van der Waals surface area contributed by atoms with E-state index in [0.29, 0.717) is 13.0 Å². The summed E-state index contributed by atoms with van der Waals surface area (Å²) in [4.78, 5) is 28.0. The zero-order valence-electron chi connectivity index (χ0n) is 15.7. The number of nitrogens with one attached hydrogen (secondary N) is 1. The van der Waals surface area contributed by atoms with Crippen LogP contribution in [0.5, 0.6) is 5.75 Å². The lowest BCUT2D eigenvalue weighted by molar-refractivity contribution is -0.145. The van der Waals surface area contributed by atoms with Gasteiger partial charge < -0.3 is 14.8 Å². The van der Waals surface area contributed by atoms with Crippen LogP contribution in [0.4, 0.5) is 8.78 Å². The van der Waals surface area contributed by atoms with Gasteiger partial charge in [-0.3, -0.25) is 9.59 Å². The number of thioether (sulfide) groups is 1. The van der Waals surface area contributed by atoms with Crippen LogP contribution < -0.4 is 10.1 Å². The normalized spacial score (nSPS) is 10.9. The molecule has 0 radical (unpaired) electrons. The third-order valence-electron chi connectivity index (χ3n) is 3.84. The van der Waals surface area contributed by atoms with Crippen LogP contribution in [0.15, 0.2) is 52.9 Å². The monoisotopic (exact) mass is 452 g/mol. The van der Waals surface area contributed by atoms with E-state index in [-0.39, 0.29) is 18.1 Å². The molecule has 0 atom stereocenters. The van der Waals surface area contributed by atoms with Crippen LogP contribution in [0.3, 0.4) is 0 Å². The molecule has 30 heavy (non-hydrogen) atoms. The van der Waals surface area contributed by atoms with Gasteiger partial charge in [0.25, 0.3) is 5.91 Å². The second-order valence-corrected chi connectivity index (χ2v) is 8.27. The van der Waals surface area contributed by atoms with Crippen molar-refractivity contribution in [2.75, 3.05) is 18.9 Å². The molecule has 6 nitrogen and oxygen atoms in total. The Labute approximate surface area is 179 Å². The number of hydrogen-bond donors (Lipinski definition) is 1. The summed E-state index contributed by atoms with van der Waals surface area (Å²) in [7, 11) is 0. The van der Waals surface area contributed by atoms with Gasteiger partial charge in [0.15, 0.2) is 10.9 Å². The molecule has 3 rings (SSSR count). The van der Waals surface area contributed by atoms with E-state index in [1.165, 1.54) is 35.2 Å². The molecular formula is C20H18F2N2O4S2. The zero-order valence-corrected chi connectivity index (χ0v) is 17.3. The molecule has 1 N–H and O–H groups in total. The number of thiazole rings is 1. The molecule has 1 heterocycles. The standard InChI is InChI=1S/C20H18F2N2O4S2/c21-19(22)28-14-7-5-13(6-8-14)9-10-23-17(25)11-27-18(26)12-29-20-24-15-3-1-2-4-16(15)30-20/h1-8,19H,9-12H2,(H,23,25). The number of esters is 1. The van der Waals surface area contributed by atoms with Crippen molar-refractivity contribution in [1.82, 2.24) is 10.3 Å². The first kappa shape index (κ1) is 22.0. The van der Waals surface area contributed by atoms with Crippen molar-refractivity contribution in [3.05, 3.63) is 54.1 Å². The summed E-state index contributed by atoms with van der Waals surface area (Å²) in [6.07, 6.45) is 0.502. The van der Waals surface area contributed by atoms with Crippen molar-refractivity contribution in [3.8, 4) is 5.75 Å². The first-order valence-corrected chi connectivity index (χ1v) is 10.7. The first-order chi connectivity index (χ1) is 14.5. The van der Waals surface area contributed by atoms with Crippen molar-refractivity contribution < 1.29 is 27.8 Å². The van der Waals surface area contributed by atoms with Crippen LogP contribution in [0, 0.1) is 0 Å². The lowest BCUT2D eigenvalue weighted by Gasteiger charge is -2.08. The molecule has 0 aliphatic rings. The lowest BCUT2D eigenvalue weighted by atomic mass is 10.1. The van der Waals surface area contributed by atoms with Crippen LogP contribution in [0.2, 0.25) is 0 Å². The topological polar surface area (TPSA) is 77.5 Å². The summed E-state index contributed by atoms with van der Waals surface area (Å²) < 4.78 is 35.3. The summed E-state index contributed by atoms with van der Waals surface area (Å²) in [5.41, 5.74) is 1.73. The van der Waals surface area contributed by atoms with Crippen molar-refractivity contribution in [1.29, 1.82) is 0 Å². The van der Waals surface area contributed by atoms with Crippen molar-refractivity contribution in [2.24, 2.45) is 0 Å². The van der Waals surface area contributed by atoms with Gasteiger partial charge in [-0.05, 0) is 36.2 Å². The highest BCUT2D eigenvalue weighted by atomic mass is 32.2. The van der Waals surface area contributed by atoms with E-state index in [4.69, 9.17) is 4.74 Å². The molecule has 3 aromatic rings. The van der Waals surface area contributed by atoms with Gasteiger partial charge in [-0.2, -0.15) is 8.78 Å². The minimum Gasteiger partial charge on any atom is -0.455 e. The SMILES string of the molecule is O=C(COC(=O)CSc1nc2ccccc2s1)NCCc1ccc(OC(F)F)cc1. The van der Waals surface area contributed by atoms with Crippen molar-refractivity contribution in [2.45, 2.75) is 17.4 Å². The van der Waals surface area contributed by atoms with Crippen LogP contribution in [-0.4, -0.2) is 42.4 Å². The van der Waals surface area contributed by atoms with Gasteiger partial charge >= 0.3 is 12.6 Å². The molecule has 0 aliphatic carbocycles. The quantitative estimate of drug-likeness (QED) is 0.372. The van der Waals surface area contributed by atoms with Gasteiger partial charge in [-0.25, -0.2) is 4.98 Å². The van der Waals surface area contributed by atoms with Crippen LogP contribution in [-0.2, 0) is 20.7 Å². The summed E-state index contributed by atoms with van der Waals surface area (Å²) >= 11 is 2.77. The number of amides is 1. The number of ether oxygens (including phenoxy) is 2. The number of alkyl halides is 2. The fraction of sp³-hybridized carbons (Fsp3) is 0.250. The third-order valence-corrected chi connectivity index (χ3v) is 5.99. The number of hydrogen-bond acceptors (Lipinski definition) is 7. The number of para-hydroxylation sites is 1. The maximum atomic E-state index is 12.1. The molecule has 0 aliphatic heterocycles. The van der Waals surface area contributed by atoms with Crippen LogP contribution >= 0.6 is 23.1 Å². The van der Waals surface area contributed by atoms with Gasteiger partial charge in [-0.15, -0.1) is 11.3 Å². The predicted molar refractivity (Wildman–Crippen MR) is 111 cm³/mol. The number of halogens is 2. The molecule has 158 valence electrons. The fourth-order valence-electron chi connectivity index (χ4n) is 2.46. The molecule has 2 aromatic carbocycles. The third kappa shape index (κ3) is 6.96. The lowest BCUT2D eigenvalue weighted by Crippen LogP contribution is -2.30. The molecule has 0 saturated carbocycles. The van der Waals surface area contributed by atoms with E-state index in [1.807, 2.05) is 24.3 Å². The van der Waals surface area contributed by atoms with Gasteiger partial charge in [-0.1, -0.05) is 36.0 Å². The Kier molecular flexibility index (Phi) is 7.97. The minimum atomic E-state index is -2.86. The number of carbonyl (C=O) groups is 2. The highest BCUT2D eigenvalue weighted by Gasteiger charge is 2.11. The zero-order chi connectivity index (χ0) is 21.3. The summed E-state index contributed by atoms with van der Waals surface area (Å²) in [6, 6.07) is 13.9. The minimum absolute atomic E-state index is 0.0696. The van der Waals surface area contributed by atoms with Gasteiger partial charge in [0, 0.05) is 6.54 Å². The number of benzene rings is 2. The van der Waals surface area contributed by atoms with Crippen LogP contribution in [0.25, 0.3) is 10.2 Å². The largest absolute Gasteiger partial charge is 0.455 e. The summed E-state index contributed by atoms with van der Waals surface area (Å²) in [5, 5.41) is 2.64. The van der Waals surface area contributed by atoms with E-state index in [9.17, 15) is 18.4 Å². The Morgan fingerprint density at radius 2 is 1.90 bits per heavy atom. The molecule has 0 unspecified atom stereocenters. The van der Waals surface area contributed by atoms with Crippen molar-refractivity contribution >= 4 is 45.2 Å². The Bertz CT molecular complexity index is 963. The average molecular weight is 453 g/mol. The number of fused-ring (bicyclic) bond motifs is 1. The van der Waals surface area contributed by atoms with E-state index in [2.05, 4.69) is 15.0 Å². The fourth-order valence-corrected chi connectivity index (χ4v) is 4.32. The Balaban J connectivity index is 1.31. The number of rotatable bonds is 10. The maximum Gasteiger partial charge on any atom is 0.387 e. The summed E-state index contributed by atoms with van der Waals surface area (Å²) in [5.74, 6) is -0.761. The second-order valence-electron chi connectivity index (χ2n) is 6.02. The average Bonchev–Trinajstić information content (AvgIpc) is 3.15. The molecule has 10 heteroatoms. The number of carbonyl (C=O) groups excluding carboxylic acids is 2. The molecular weight excluding hydrogens is 434 g/mol. The first-order valence-electron chi connectivity index (χ1n) is 8.94. The second kappa shape index (κ2) is 10.9. The van der Waals surface area contributed by atoms with E-state index in [0.717, 1.165) is 20.1 Å². The number of nitrogens with zero attached hydrogens (tertiary/aromatic N) is 1.